The number of rotatable bonds is 7. The van der Waals surface area contributed by atoms with Crippen LogP contribution in [0, 0.1) is 11.7 Å². The second-order valence-electron chi connectivity index (χ2n) is 4.24. The lowest BCUT2D eigenvalue weighted by atomic mass is 10.2. The summed E-state index contributed by atoms with van der Waals surface area (Å²) in [6, 6.07) is 4.42. The van der Waals surface area contributed by atoms with E-state index in [9.17, 15) is 4.39 Å². The van der Waals surface area contributed by atoms with Gasteiger partial charge < -0.3 is 14.8 Å². The van der Waals surface area contributed by atoms with E-state index in [2.05, 4.69) is 19.2 Å². The molecule has 0 unspecified atom stereocenters. The third-order valence-electron chi connectivity index (χ3n) is 2.18. The summed E-state index contributed by atoms with van der Waals surface area (Å²) in [5.74, 6) is 0.743. The van der Waals surface area contributed by atoms with Crippen LogP contribution < -0.4 is 10.1 Å². The SMILES string of the molecule is COc1cc(F)ccc1NCCOCC(C)C. The van der Waals surface area contributed by atoms with Crippen molar-refractivity contribution >= 4 is 5.69 Å². The Kier molecular flexibility index (Phi) is 5.77. The number of benzene rings is 1. The van der Waals surface area contributed by atoms with E-state index in [1.54, 1.807) is 6.07 Å². The lowest BCUT2D eigenvalue weighted by Crippen LogP contribution is -2.12. The van der Waals surface area contributed by atoms with Crippen LogP contribution in [0.5, 0.6) is 5.75 Å². The predicted molar refractivity (Wildman–Crippen MR) is 67.1 cm³/mol. The molecular formula is C13H20FNO2. The first-order valence-corrected chi connectivity index (χ1v) is 5.78. The molecule has 17 heavy (non-hydrogen) atoms. The molecule has 96 valence electrons. The van der Waals surface area contributed by atoms with Crippen LogP contribution in [-0.2, 0) is 4.74 Å². The van der Waals surface area contributed by atoms with Crippen molar-refractivity contribution in [3.05, 3.63) is 24.0 Å². The van der Waals surface area contributed by atoms with Gasteiger partial charge in [-0.3, -0.25) is 0 Å². The summed E-state index contributed by atoms with van der Waals surface area (Å²) in [7, 11) is 1.52. The summed E-state index contributed by atoms with van der Waals surface area (Å²) in [6.45, 7) is 6.27. The van der Waals surface area contributed by atoms with Gasteiger partial charge in [-0.1, -0.05) is 13.8 Å². The fourth-order valence-corrected chi connectivity index (χ4v) is 1.39. The summed E-state index contributed by atoms with van der Waals surface area (Å²) >= 11 is 0. The van der Waals surface area contributed by atoms with Gasteiger partial charge in [0, 0.05) is 19.2 Å². The molecule has 0 atom stereocenters. The van der Waals surface area contributed by atoms with E-state index in [4.69, 9.17) is 9.47 Å². The molecule has 0 radical (unpaired) electrons. The minimum atomic E-state index is -0.302. The number of hydrogen-bond acceptors (Lipinski definition) is 3. The zero-order valence-corrected chi connectivity index (χ0v) is 10.6. The molecular weight excluding hydrogens is 221 g/mol. The van der Waals surface area contributed by atoms with Crippen LogP contribution >= 0.6 is 0 Å². The minimum absolute atomic E-state index is 0.302. The van der Waals surface area contributed by atoms with E-state index in [0.717, 1.165) is 12.3 Å². The van der Waals surface area contributed by atoms with E-state index in [1.165, 1.54) is 19.2 Å². The van der Waals surface area contributed by atoms with E-state index >= 15 is 0 Å². The number of hydrogen-bond donors (Lipinski definition) is 1. The molecule has 0 saturated heterocycles. The van der Waals surface area contributed by atoms with E-state index in [-0.39, 0.29) is 5.82 Å². The van der Waals surface area contributed by atoms with Gasteiger partial charge in [-0.2, -0.15) is 0 Å². The maximum atomic E-state index is 12.9. The average Bonchev–Trinajstić information content (AvgIpc) is 2.29. The van der Waals surface area contributed by atoms with Gasteiger partial charge in [0.05, 0.1) is 19.4 Å². The van der Waals surface area contributed by atoms with Crippen molar-refractivity contribution < 1.29 is 13.9 Å². The molecule has 0 spiro atoms. The van der Waals surface area contributed by atoms with E-state index in [1.807, 2.05) is 0 Å². The molecule has 0 saturated carbocycles. The lowest BCUT2D eigenvalue weighted by Gasteiger charge is -2.12. The van der Waals surface area contributed by atoms with Crippen LogP contribution in [0.1, 0.15) is 13.8 Å². The van der Waals surface area contributed by atoms with Gasteiger partial charge in [-0.15, -0.1) is 0 Å². The smallest absolute Gasteiger partial charge is 0.144 e. The van der Waals surface area contributed by atoms with Gasteiger partial charge in [-0.05, 0) is 18.1 Å². The van der Waals surface area contributed by atoms with Crippen molar-refractivity contribution in [1.82, 2.24) is 0 Å². The molecule has 1 rings (SSSR count). The minimum Gasteiger partial charge on any atom is -0.494 e. The lowest BCUT2D eigenvalue weighted by molar-refractivity contribution is 0.118. The first-order chi connectivity index (χ1) is 8.13. The Bertz CT molecular complexity index is 342. The zero-order chi connectivity index (χ0) is 12.7. The highest BCUT2D eigenvalue weighted by atomic mass is 19.1. The Morgan fingerprint density at radius 1 is 1.35 bits per heavy atom. The van der Waals surface area contributed by atoms with Crippen LogP contribution in [0.25, 0.3) is 0 Å². The van der Waals surface area contributed by atoms with Crippen molar-refractivity contribution in [3.63, 3.8) is 0 Å². The van der Waals surface area contributed by atoms with E-state index in [0.29, 0.717) is 24.8 Å². The monoisotopic (exact) mass is 241 g/mol. The first kappa shape index (κ1) is 13.8. The fourth-order valence-electron chi connectivity index (χ4n) is 1.39. The van der Waals surface area contributed by atoms with Crippen LogP contribution in [0.2, 0.25) is 0 Å². The summed E-state index contributed by atoms with van der Waals surface area (Å²) in [5, 5.41) is 3.15. The molecule has 0 heterocycles. The largest absolute Gasteiger partial charge is 0.494 e. The second-order valence-corrected chi connectivity index (χ2v) is 4.24. The highest BCUT2D eigenvalue weighted by Gasteiger charge is 2.03. The van der Waals surface area contributed by atoms with Gasteiger partial charge in [0.25, 0.3) is 0 Å². The molecule has 0 aliphatic rings. The Morgan fingerprint density at radius 2 is 2.12 bits per heavy atom. The number of anilines is 1. The van der Waals surface area contributed by atoms with Gasteiger partial charge in [-0.25, -0.2) is 4.39 Å². The maximum Gasteiger partial charge on any atom is 0.144 e. The van der Waals surface area contributed by atoms with Crippen LogP contribution in [-0.4, -0.2) is 26.9 Å². The normalized spacial score (nSPS) is 10.6. The second kappa shape index (κ2) is 7.12. The molecule has 4 heteroatoms. The van der Waals surface area contributed by atoms with Crippen LogP contribution in [0.3, 0.4) is 0 Å². The quantitative estimate of drug-likeness (QED) is 0.744. The highest BCUT2D eigenvalue weighted by molar-refractivity contribution is 5.56. The summed E-state index contributed by atoms with van der Waals surface area (Å²) in [5.41, 5.74) is 0.780. The third-order valence-corrected chi connectivity index (χ3v) is 2.18. The number of methoxy groups -OCH3 is 1. The molecule has 0 fully saturated rings. The maximum absolute atomic E-state index is 12.9. The van der Waals surface area contributed by atoms with Crippen molar-refractivity contribution in [3.8, 4) is 5.75 Å². The molecule has 0 aromatic heterocycles. The molecule has 1 aromatic rings. The van der Waals surface area contributed by atoms with Gasteiger partial charge in [0.1, 0.15) is 11.6 Å². The molecule has 0 bridgehead atoms. The number of nitrogens with one attached hydrogen (secondary N) is 1. The van der Waals surface area contributed by atoms with Gasteiger partial charge >= 0.3 is 0 Å². The Hall–Kier alpha value is -1.29. The van der Waals surface area contributed by atoms with Crippen molar-refractivity contribution in [1.29, 1.82) is 0 Å². The van der Waals surface area contributed by atoms with Gasteiger partial charge in [0.15, 0.2) is 0 Å². The summed E-state index contributed by atoms with van der Waals surface area (Å²) in [4.78, 5) is 0. The molecule has 3 nitrogen and oxygen atoms in total. The number of ether oxygens (including phenoxy) is 2. The van der Waals surface area contributed by atoms with Crippen molar-refractivity contribution in [2.24, 2.45) is 5.92 Å². The third kappa shape index (κ3) is 5.04. The molecule has 0 aliphatic carbocycles. The Labute approximate surface area is 102 Å². The Morgan fingerprint density at radius 3 is 2.76 bits per heavy atom. The van der Waals surface area contributed by atoms with E-state index < -0.39 is 0 Å². The highest BCUT2D eigenvalue weighted by Crippen LogP contribution is 2.24. The molecule has 1 N–H and O–H groups in total. The van der Waals surface area contributed by atoms with Crippen LogP contribution in [0.15, 0.2) is 18.2 Å². The number of halogens is 1. The fraction of sp³-hybridized carbons (Fsp3) is 0.538. The predicted octanol–water partition coefficient (Wildman–Crippen LogP) is 2.92. The Balaban J connectivity index is 2.36. The average molecular weight is 241 g/mol. The topological polar surface area (TPSA) is 30.5 Å². The standard InChI is InChI=1S/C13H20FNO2/c1-10(2)9-17-7-6-15-12-5-4-11(14)8-13(12)16-3/h4-5,8,10,15H,6-7,9H2,1-3H3. The van der Waals surface area contributed by atoms with Crippen LogP contribution in [0.4, 0.5) is 10.1 Å². The molecule has 0 aliphatic heterocycles. The van der Waals surface area contributed by atoms with Gasteiger partial charge in [0.2, 0.25) is 0 Å². The van der Waals surface area contributed by atoms with Crippen molar-refractivity contribution in [2.75, 3.05) is 32.2 Å². The molecule has 0 amide bonds. The molecule has 1 aromatic carbocycles. The van der Waals surface area contributed by atoms with Crippen molar-refractivity contribution in [2.45, 2.75) is 13.8 Å². The summed E-state index contributed by atoms with van der Waals surface area (Å²) in [6.07, 6.45) is 0. The zero-order valence-electron chi connectivity index (χ0n) is 10.6. The summed E-state index contributed by atoms with van der Waals surface area (Å²) < 4.78 is 23.4. The first-order valence-electron chi connectivity index (χ1n) is 5.78.